The van der Waals surface area contributed by atoms with Crippen molar-refractivity contribution in [1.29, 1.82) is 0 Å². The van der Waals surface area contributed by atoms with E-state index in [0.29, 0.717) is 18.9 Å². The minimum absolute atomic E-state index is 0.0216. The van der Waals surface area contributed by atoms with Gasteiger partial charge in [0, 0.05) is 43.9 Å². The summed E-state index contributed by atoms with van der Waals surface area (Å²) >= 11 is 0. The summed E-state index contributed by atoms with van der Waals surface area (Å²) in [5, 5.41) is 10.5. The third kappa shape index (κ3) is 3.40. The standard InChI is InChI=1S/C19H22FN7O3/c1-11(2)18(29)25-5-7-26(8-6-25)19(30)16(28)12-9-21-15-14(12)13(20)10-22-17(15)27-4-3-23-24-27/h3-4,9-11,14-15,21H,5-8H2,1-2H3. The largest absolute Gasteiger partial charge is 0.380 e. The van der Waals surface area contributed by atoms with E-state index < -0.39 is 29.5 Å². The van der Waals surface area contributed by atoms with E-state index in [4.69, 9.17) is 0 Å². The summed E-state index contributed by atoms with van der Waals surface area (Å²) < 4.78 is 16.0. The van der Waals surface area contributed by atoms with E-state index in [-0.39, 0.29) is 30.5 Å². The predicted molar refractivity (Wildman–Crippen MR) is 104 cm³/mol. The van der Waals surface area contributed by atoms with Gasteiger partial charge in [-0.15, -0.1) is 5.10 Å². The minimum atomic E-state index is -0.957. The monoisotopic (exact) mass is 415 g/mol. The van der Waals surface area contributed by atoms with E-state index in [2.05, 4.69) is 20.6 Å². The number of hydrogen-bond donors (Lipinski definition) is 1. The lowest BCUT2D eigenvalue weighted by Crippen LogP contribution is -2.53. The SMILES string of the molecule is CC(C)C(=O)N1CCN(C(=O)C(=O)C2=CNC3C(n4ccnn4)=NC=C(F)C23)CC1. The van der Waals surface area contributed by atoms with Crippen molar-refractivity contribution in [3.63, 3.8) is 0 Å². The third-order valence-corrected chi connectivity index (χ3v) is 5.47. The average molecular weight is 415 g/mol. The second kappa shape index (κ2) is 7.81. The van der Waals surface area contributed by atoms with Crippen LogP contribution >= 0.6 is 0 Å². The Bertz CT molecular complexity index is 959. The van der Waals surface area contributed by atoms with Crippen LogP contribution in [0.15, 0.2) is 41.2 Å². The van der Waals surface area contributed by atoms with Crippen molar-refractivity contribution in [2.75, 3.05) is 26.2 Å². The second-order valence-electron chi connectivity index (χ2n) is 7.67. The molecule has 0 spiro atoms. The number of piperazine rings is 1. The fourth-order valence-electron chi connectivity index (χ4n) is 3.87. The number of carbonyl (C=O) groups excluding carboxylic acids is 3. The third-order valence-electron chi connectivity index (χ3n) is 5.47. The Morgan fingerprint density at radius 3 is 2.50 bits per heavy atom. The quantitative estimate of drug-likeness (QED) is 0.680. The molecule has 2 unspecified atom stereocenters. The van der Waals surface area contributed by atoms with Crippen molar-refractivity contribution in [2.24, 2.45) is 16.8 Å². The molecule has 0 radical (unpaired) electrons. The van der Waals surface area contributed by atoms with E-state index in [1.807, 2.05) is 13.8 Å². The Morgan fingerprint density at radius 1 is 1.17 bits per heavy atom. The zero-order chi connectivity index (χ0) is 21.4. The highest BCUT2D eigenvalue weighted by atomic mass is 19.1. The van der Waals surface area contributed by atoms with Crippen LogP contribution in [-0.4, -0.2) is 80.4 Å². The van der Waals surface area contributed by atoms with E-state index >= 15 is 0 Å². The number of Topliss-reactive ketones (excluding diaryl/α,β-unsaturated/α-hetero) is 1. The van der Waals surface area contributed by atoms with Crippen molar-refractivity contribution in [3.8, 4) is 0 Å². The van der Waals surface area contributed by atoms with Crippen LogP contribution < -0.4 is 5.32 Å². The van der Waals surface area contributed by atoms with Gasteiger partial charge in [0.15, 0.2) is 5.84 Å². The van der Waals surface area contributed by atoms with Crippen LogP contribution in [0.25, 0.3) is 0 Å². The molecule has 0 aliphatic carbocycles. The van der Waals surface area contributed by atoms with Crippen molar-refractivity contribution in [3.05, 3.63) is 36.2 Å². The molecule has 1 aromatic rings. The number of aliphatic imine (C=N–C) groups is 1. The van der Waals surface area contributed by atoms with Crippen molar-refractivity contribution in [2.45, 2.75) is 19.9 Å². The van der Waals surface area contributed by atoms with Gasteiger partial charge in [0.25, 0.3) is 5.91 Å². The highest BCUT2D eigenvalue weighted by molar-refractivity contribution is 6.43. The number of ketones is 1. The number of halogens is 1. The van der Waals surface area contributed by atoms with E-state index in [1.54, 1.807) is 11.1 Å². The maximum absolute atomic E-state index is 14.6. The molecule has 11 heteroatoms. The molecule has 4 heterocycles. The Hall–Kier alpha value is -3.37. The number of rotatable bonds is 3. The Labute approximate surface area is 172 Å². The molecule has 158 valence electrons. The van der Waals surface area contributed by atoms with Crippen LogP contribution in [0, 0.1) is 11.8 Å². The van der Waals surface area contributed by atoms with Crippen molar-refractivity contribution >= 4 is 23.4 Å². The summed E-state index contributed by atoms with van der Waals surface area (Å²) in [4.78, 5) is 45.0. The van der Waals surface area contributed by atoms with E-state index in [1.165, 1.54) is 22.0 Å². The van der Waals surface area contributed by atoms with Crippen LogP contribution in [0.2, 0.25) is 0 Å². The molecule has 1 fully saturated rings. The number of amides is 2. The average Bonchev–Trinajstić information content (AvgIpc) is 3.43. The van der Waals surface area contributed by atoms with E-state index in [0.717, 1.165) is 6.20 Å². The first-order valence-corrected chi connectivity index (χ1v) is 9.77. The Morgan fingerprint density at radius 2 is 1.87 bits per heavy atom. The van der Waals surface area contributed by atoms with Crippen LogP contribution in [0.3, 0.4) is 0 Å². The van der Waals surface area contributed by atoms with Gasteiger partial charge in [0.2, 0.25) is 11.7 Å². The predicted octanol–water partition coefficient (Wildman–Crippen LogP) is -0.283. The lowest BCUT2D eigenvalue weighted by molar-refractivity contribution is -0.146. The van der Waals surface area contributed by atoms with Gasteiger partial charge in [-0.05, 0) is 0 Å². The number of aromatic nitrogens is 3. The molecule has 10 nitrogen and oxygen atoms in total. The maximum Gasteiger partial charge on any atom is 0.294 e. The molecule has 2 atom stereocenters. The summed E-state index contributed by atoms with van der Waals surface area (Å²) in [6.07, 6.45) is 5.44. The summed E-state index contributed by atoms with van der Waals surface area (Å²) in [6.45, 7) is 4.92. The molecule has 0 aromatic carbocycles. The number of carbonyl (C=O) groups is 3. The Balaban J connectivity index is 1.45. The molecule has 3 aliphatic heterocycles. The first-order valence-electron chi connectivity index (χ1n) is 9.77. The summed E-state index contributed by atoms with van der Waals surface area (Å²) in [5.41, 5.74) is 0.0481. The van der Waals surface area contributed by atoms with Crippen LogP contribution in [0.1, 0.15) is 13.8 Å². The molecule has 1 N–H and O–H groups in total. The van der Waals surface area contributed by atoms with Crippen molar-refractivity contribution in [1.82, 2.24) is 30.1 Å². The highest BCUT2D eigenvalue weighted by Gasteiger charge is 2.44. The zero-order valence-electron chi connectivity index (χ0n) is 16.7. The van der Waals surface area contributed by atoms with E-state index in [9.17, 15) is 18.8 Å². The van der Waals surface area contributed by atoms with Gasteiger partial charge >= 0.3 is 0 Å². The van der Waals surface area contributed by atoms with Gasteiger partial charge in [0.1, 0.15) is 5.83 Å². The van der Waals surface area contributed by atoms with Crippen LogP contribution in [0.5, 0.6) is 0 Å². The van der Waals surface area contributed by atoms with Crippen molar-refractivity contribution < 1.29 is 18.8 Å². The molecule has 4 rings (SSSR count). The van der Waals surface area contributed by atoms with Gasteiger partial charge in [-0.25, -0.2) is 14.1 Å². The smallest absolute Gasteiger partial charge is 0.294 e. The molecule has 30 heavy (non-hydrogen) atoms. The summed E-state index contributed by atoms with van der Waals surface area (Å²) in [7, 11) is 0. The normalized spacial score (nSPS) is 23.4. The molecule has 0 bridgehead atoms. The van der Waals surface area contributed by atoms with Gasteiger partial charge in [-0.1, -0.05) is 19.1 Å². The number of nitrogens with zero attached hydrogens (tertiary/aromatic N) is 6. The van der Waals surface area contributed by atoms with Gasteiger partial charge < -0.3 is 15.1 Å². The Kier molecular flexibility index (Phi) is 5.18. The first kappa shape index (κ1) is 19.9. The number of hydrogen-bond acceptors (Lipinski definition) is 7. The zero-order valence-corrected chi connectivity index (χ0v) is 16.7. The highest BCUT2D eigenvalue weighted by Crippen LogP contribution is 2.34. The minimum Gasteiger partial charge on any atom is -0.380 e. The fraction of sp³-hybridized carbons (Fsp3) is 0.474. The van der Waals surface area contributed by atoms with Crippen LogP contribution in [0.4, 0.5) is 4.39 Å². The molecule has 1 aromatic heterocycles. The van der Waals surface area contributed by atoms with Gasteiger partial charge in [-0.3, -0.25) is 14.4 Å². The maximum atomic E-state index is 14.6. The lowest BCUT2D eigenvalue weighted by Gasteiger charge is -2.35. The summed E-state index contributed by atoms with van der Waals surface area (Å²) in [6, 6.07) is -0.663. The van der Waals surface area contributed by atoms with Crippen LogP contribution in [-0.2, 0) is 14.4 Å². The second-order valence-corrected chi connectivity index (χ2v) is 7.67. The lowest BCUT2D eigenvalue weighted by atomic mass is 9.88. The number of nitrogens with one attached hydrogen (secondary N) is 1. The molecule has 2 amide bonds. The molecular formula is C19H22FN7O3. The number of fused-ring (bicyclic) bond motifs is 1. The summed E-state index contributed by atoms with van der Waals surface area (Å²) in [5.74, 6) is -2.74. The molecular weight excluding hydrogens is 393 g/mol. The molecule has 1 saturated heterocycles. The van der Waals surface area contributed by atoms with Gasteiger partial charge in [0.05, 0.1) is 30.6 Å². The first-order chi connectivity index (χ1) is 14.4. The molecule has 0 saturated carbocycles. The topological polar surface area (TPSA) is 113 Å². The van der Waals surface area contributed by atoms with Gasteiger partial charge in [-0.2, -0.15) is 0 Å². The fourth-order valence-corrected chi connectivity index (χ4v) is 3.87. The molecule has 3 aliphatic rings.